The maximum atomic E-state index is 9.51. The van der Waals surface area contributed by atoms with E-state index in [1.54, 1.807) is 12.4 Å². The fourth-order valence-electron chi connectivity index (χ4n) is 2.39. The highest BCUT2D eigenvalue weighted by Crippen LogP contribution is 2.13. The van der Waals surface area contributed by atoms with Gasteiger partial charge in [0.25, 0.3) is 0 Å². The molecule has 0 spiro atoms. The monoisotopic (exact) mass is 299 g/mol. The Morgan fingerprint density at radius 1 is 1.59 bits per heavy atom. The van der Waals surface area contributed by atoms with Gasteiger partial charge in [0.15, 0.2) is 0 Å². The van der Waals surface area contributed by atoms with Crippen molar-refractivity contribution in [3.63, 3.8) is 0 Å². The van der Waals surface area contributed by atoms with Crippen molar-refractivity contribution in [2.75, 3.05) is 25.0 Å². The van der Waals surface area contributed by atoms with E-state index in [-0.39, 0.29) is 6.10 Å². The van der Waals surface area contributed by atoms with Gasteiger partial charge in [-0.2, -0.15) is 5.26 Å². The van der Waals surface area contributed by atoms with Crippen molar-refractivity contribution in [2.45, 2.75) is 25.9 Å². The average Bonchev–Trinajstić information content (AvgIpc) is 2.53. The molecule has 0 saturated carbocycles. The standard InChI is InChI=1S/C16H21N5O/c1-12-6-16(20-10-14(12)8-18)19-9-13(7-17)11-21-4-2-15(22)3-5-21/h6-7,9-10,15,17,22H,2-5,11H2,1H3,(H,19,20)/b13-9+,17-7?. The van der Waals surface area contributed by atoms with Gasteiger partial charge in [0.2, 0.25) is 0 Å². The molecule has 1 aliphatic rings. The van der Waals surface area contributed by atoms with Gasteiger partial charge in [-0.1, -0.05) is 0 Å². The van der Waals surface area contributed by atoms with Gasteiger partial charge >= 0.3 is 0 Å². The number of piperidine rings is 1. The number of aliphatic hydroxyl groups is 1. The maximum absolute atomic E-state index is 9.51. The molecule has 0 atom stereocenters. The first-order valence-corrected chi connectivity index (χ1v) is 7.35. The number of hydrogen-bond acceptors (Lipinski definition) is 6. The number of nitrogens with one attached hydrogen (secondary N) is 2. The molecule has 0 bridgehead atoms. The van der Waals surface area contributed by atoms with Crippen LogP contribution in [0.4, 0.5) is 5.82 Å². The average molecular weight is 299 g/mol. The molecule has 0 aliphatic carbocycles. The molecule has 1 aromatic heterocycles. The highest BCUT2D eigenvalue weighted by Gasteiger charge is 2.17. The lowest BCUT2D eigenvalue weighted by atomic mass is 10.1. The van der Waals surface area contributed by atoms with Crippen LogP contribution in [-0.2, 0) is 0 Å². The van der Waals surface area contributed by atoms with Crippen molar-refractivity contribution >= 4 is 12.0 Å². The van der Waals surface area contributed by atoms with Crippen LogP contribution in [0.3, 0.4) is 0 Å². The molecule has 6 nitrogen and oxygen atoms in total. The minimum Gasteiger partial charge on any atom is -0.393 e. The van der Waals surface area contributed by atoms with Gasteiger partial charge in [-0.15, -0.1) is 0 Å². The highest BCUT2D eigenvalue weighted by atomic mass is 16.3. The molecule has 0 aromatic carbocycles. The van der Waals surface area contributed by atoms with Crippen LogP contribution >= 0.6 is 0 Å². The van der Waals surface area contributed by atoms with E-state index in [2.05, 4.69) is 21.3 Å². The summed E-state index contributed by atoms with van der Waals surface area (Å²) in [6, 6.07) is 3.90. The van der Waals surface area contributed by atoms with E-state index in [9.17, 15) is 5.11 Å². The first kappa shape index (κ1) is 16.1. The number of pyridine rings is 1. The molecule has 0 unspecified atom stereocenters. The number of rotatable bonds is 5. The largest absolute Gasteiger partial charge is 0.393 e. The van der Waals surface area contributed by atoms with Gasteiger partial charge < -0.3 is 15.8 Å². The van der Waals surface area contributed by atoms with Crippen LogP contribution in [0.25, 0.3) is 0 Å². The lowest BCUT2D eigenvalue weighted by Crippen LogP contribution is -2.37. The SMILES string of the molecule is Cc1cc(N/C=C(\C=N)CN2CCC(O)CC2)ncc1C#N. The summed E-state index contributed by atoms with van der Waals surface area (Å²) >= 11 is 0. The number of anilines is 1. The van der Waals surface area contributed by atoms with Crippen molar-refractivity contribution in [3.05, 3.63) is 35.2 Å². The van der Waals surface area contributed by atoms with Crippen molar-refractivity contribution in [1.29, 1.82) is 10.7 Å². The number of nitrogens with zero attached hydrogens (tertiary/aromatic N) is 3. The molecular formula is C16H21N5O. The van der Waals surface area contributed by atoms with Gasteiger partial charge in [0.05, 0.1) is 11.7 Å². The summed E-state index contributed by atoms with van der Waals surface area (Å²) in [6.45, 7) is 4.24. The first-order valence-electron chi connectivity index (χ1n) is 7.35. The minimum atomic E-state index is -0.187. The van der Waals surface area contributed by atoms with Crippen molar-refractivity contribution in [3.8, 4) is 6.07 Å². The summed E-state index contributed by atoms with van der Waals surface area (Å²) in [5, 5.41) is 29.0. The van der Waals surface area contributed by atoms with Gasteiger partial charge in [-0.05, 0) is 37.0 Å². The predicted molar refractivity (Wildman–Crippen MR) is 85.9 cm³/mol. The van der Waals surface area contributed by atoms with E-state index in [0.717, 1.165) is 37.1 Å². The van der Waals surface area contributed by atoms with Crippen LogP contribution in [0.2, 0.25) is 0 Å². The zero-order valence-electron chi connectivity index (χ0n) is 12.7. The highest BCUT2D eigenvalue weighted by molar-refractivity contribution is 5.77. The third-order valence-corrected chi connectivity index (χ3v) is 3.79. The third kappa shape index (κ3) is 4.38. The van der Waals surface area contributed by atoms with Crippen molar-refractivity contribution < 1.29 is 5.11 Å². The molecule has 1 saturated heterocycles. The number of aliphatic hydroxyl groups excluding tert-OH is 1. The second-order valence-corrected chi connectivity index (χ2v) is 5.51. The molecule has 1 fully saturated rings. The van der Waals surface area contributed by atoms with Gasteiger partial charge in [0, 0.05) is 38.2 Å². The molecule has 6 heteroatoms. The number of aromatic nitrogens is 1. The second-order valence-electron chi connectivity index (χ2n) is 5.51. The molecule has 116 valence electrons. The zero-order valence-corrected chi connectivity index (χ0v) is 12.7. The van der Waals surface area contributed by atoms with Gasteiger partial charge in [0.1, 0.15) is 11.9 Å². The first-order chi connectivity index (χ1) is 10.6. The molecule has 2 rings (SSSR count). The van der Waals surface area contributed by atoms with Crippen LogP contribution in [0.5, 0.6) is 0 Å². The Bertz CT molecular complexity index is 597. The summed E-state index contributed by atoms with van der Waals surface area (Å²) in [6.07, 6.45) is 6.03. The van der Waals surface area contributed by atoms with Crippen molar-refractivity contribution in [2.24, 2.45) is 0 Å². The number of likely N-dealkylation sites (tertiary alicyclic amines) is 1. The van der Waals surface area contributed by atoms with E-state index in [0.29, 0.717) is 17.9 Å². The van der Waals surface area contributed by atoms with Crippen LogP contribution in [0, 0.1) is 23.7 Å². The number of nitriles is 1. The lowest BCUT2D eigenvalue weighted by molar-refractivity contribution is 0.0875. The topological polar surface area (TPSA) is 96.0 Å². The maximum Gasteiger partial charge on any atom is 0.130 e. The zero-order chi connectivity index (χ0) is 15.9. The molecule has 1 aliphatic heterocycles. The van der Waals surface area contributed by atoms with E-state index < -0.39 is 0 Å². The lowest BCUT2D eigenvalue weighted by Gasteiger charge is -2.29. The fraction of sp³-hybridized carbons (Fsp3) is 0.438. The summed E-state index contributed by atoms with van der Waals surface area (Å²) in [4.78, 5) is 6.40. The summed E-state index contributed by atoms with van der Waals surface area (Å²) in [5.74, 6) is 0.657. The smallest absolute Gasteiger partial charge is 0.130 e. The molecule has 2 heterocycles. The Hall–Kier alpha value is -2.23. The van der Waals surface area contributed by atoms with E-state index in [1.807, 2.05) is 13.0 Å². The van der Waals surface area contributed by atoms with Crippen LogP contribution in [0.1, 0.15) is 24.0 Å². The van der Waals surface area contributed by atoms with Gasteiger partial charge in [-0.3, -0.25) is 4.90 Å². The Labute approximate surface area is 130 Å². The Morgan fingerprint density at radius 3 is 2.91 bits per heavy atom. The molecule has 0 radical (unpaired) electrons. The molecule has 0 amide bonds. The van der Waals surface area contributed by atoms with E-state index >= 15 is 0 Å². The number of aryl methyl sites for hydroxylation is 1. The van der Waals surface area contributed by atoms with Crippen LogP contribution < -0.4 is 5.32 Å². The fourth-order valence-corrected chi connectivity index (χ4v) is 2.39. The van der Waals surface area contributed by atoms with E-state index in [1.165, 1.54) is 6.21 Å². The molecular weight excluding hydrogens is 278 g/mol. The Kier molecular flexibility index (Phi) is 5.64. The van der Waals surface area contributed by atoms with Gasteiger partial charge in [-0.25, -0.2) is 4.98 Å². The number of hydrogen-bond donors (Lipinski definition) is 3. The summed E-state index contributed by atoms with van der Waals surface area (Å²) in [7, 11) is 0. The van der Waals surface area contributed by atoms with Crippen LogP contribution in [-0.4, -0.2) is 46.9 Å². The van der Waals surface area contributed by atoms with Crippen molar-refractivity contribution in [1.82, 2.24) is 9.88 Å². The Balaban J connectivity index is 1.96. The Morgan fingerprint density at radius 2 is 2.32 bits per heavy atom. The predicted octanol–water partition coefficient (Wildman–Crippen LogP) is 1.66. The molecule has 3 N–H and O–H groups in total. The quantitative estimate of drug-likeness (QED) is 0.719. The summed E-state index contributed by atoms with van der Waals surface area (Å²) < 4.78 is 0. The van der Waals surface area contributed by atoms with E-state index in [4.69, 9.17) is 10.7 Å². The summed E-state index contributed by atoms with van der Waals surface area (Å²) in [5.41, 5.74) is 2.28. The molecule has 1 aromatic rings. The molecule has 22 heavy (non-hydrogen) atoms. The minimum absolute atomic E-state index is 0.187. The normalized spacial score (nSPS) is 17.0. The third-order valence-electron chi connectivity index (χ3n) is 3.79. The second kappa shape index (κ2) is 7.69. The van der Waals surface area contributed by atoms with Crippen LogP contribution in [0.15, 0.2) is 24.0 Å².